The molecule has 46 heavy (non-hydrogen) atoms. The molecular formula is C31H24F2N4O9. The van der Waals surface area contributed by atoms with Gasteiger partial charge in [-0.2, -0.15) is 8.78 Å². The van der Waals surface area contributed by atoms with Crippen molar-refractivity contribution in [3.63, 3.8) is 0 Å². The molecule has 0 bridgehead atoms. The van der Waals surface area contributed by atoms with E-state index in [0.717, 1.165) is 24.5 Å². The molecule has 0 saturated carbocycles. The molecule has 0 unspecified atom stereocenters. The van der Waals surface area contributed by atoms with Crippen LogP contribution in [0.5, 0.6) is 0 Å². The maximum absolute atomic E-state index is 14.4. The molecule has 1 N–H and O–H groups in total. The van der Waals surface area contributed by atoms with Crippen molar-refractivity contribution in [3.05, 3.63) is 126 Å². The molecule has 1 aliphatic rings. The highest BCUT2D eigenvalue weighted by molar-refractivity contribution is 5.90. The summed E-state index contributed by atoms with van der Waals surface area (Å²) < 4.78 is 56.3. The number of aliphatic hydroxyl groups is 1. The Balaban J connectivity index is 1.47. The third-order valence-corrected chi connectivity index (χ3v) is 6.61. The lowest BCUT2D eigenvalue weighted by Crippen LogP contribution is -2.50. The fraction of sp³-hybridized carbons (Fsp3) is 0.194. The Morgan fingerprint density at radius 2 is 1.39 bits per heavy atom. The summed E-state index contributed by atoms with van der Waals surface area (Å²) in [7, 11) is 0. The molecule has 4 aromatic rings. The van der Waals surface area contributed by atoms with E-state index < -0.39 is 78.2 Å². The monoisotopic (exact) mass is 634 g/mol. The number of ether oxygens (including phenoxy) is 5. The molecule has 5 heterocycles. The van der Waals surface area contributed by atoms with E-state index in [-0.39, 0.29) is 11.3 Å². The third-order valence-electron chi connectivity index (χ3n) is 6.61. The molecule has 236 valence electrons. The van der Waals surface area contributed by atoms with Crippen molar-refractivity contribution in [3.8, 4) is 0 Å². The normalized spacial score (nSPS) is 20.4. The second kappa shape index (κ2) is 14.0. The van der Waals surface area contributed by atoms with Gasteiger partial charge in [0.15, 0.2) is 12.2 Å². The van der Waals surface area contributed by atoms with Crippen molar-refractivity contribution in [2.45, 2.75) is 24.1 Å². The smallest absolute Gasteiger partial charge is 0.343 e. The second-order valence-electron chi connectivity index (χ2n) is 9.67. The van der Waals surface area contributed by atoms with E-state index in [1.807, 2.05) is 0 Å². The number of nitrogens with zero attached hydrogens (tertiary/aromatic N) is 4. The Kier molecular flexibility index (Phi) is 9.64. The number of pyridine rings is 4. The van der Waals surface area contributed by atoms with Crippen LogP contribution >= 0.6 is 0 Å². The van der Waals surface area contributed by atoms with Crippen LogP contribution in [-0.2, 0) is 23.7 Å². The molecule has 0 amide bonds. The predicted octanol–water partition coefficient (Wildman–Crippen LogP) is 2.93. The first-order chi connectivity index (χ1) is 22.2. The van der Waals surface area contributed by atoms with Crippen molar-refractivity contribution < 1.29 is 52.0 Å². The van der Waals surface area contributed by atoms with Gasteiger partial charge in [0.2, 0.25) is 17.7 Å². The van der Waals surface area contributed by atoms with Gasteiger partial charge in [0, 0.05) is 42.7 Å². The van der Waals surface area contributed by atoms with E-state index in [0.29, 0.717) is 5.56 Å². The van der Waals surface area contributed by atoms with Crippen LogP contribution in [0, 0.1) is 11.9 Å². The minimum Gasteiger partial charge on any atom is -0.488 e. The van der Waals surface area contributed by atoms with E-state index >= 15 is 0 Å². The van der Waals surface area contributed by atoms with Gasteiger partial charge in [-0.15, -0.1) is 0 Å². The summed E-state index contributed by atoms with van der Waals surface area (Å²) in [6, 6.07) is 10.9. The number of carbonyl (C=O) groups is 3. The summed E-state index contributed by atoms with van der Waals surface area (Å²) >= 11 is 0. The fourth-order valence-electron chi connectivity index (χ4n) is 4.36. The van der Waals surface area contributed by atoms with Crippen LogP contribution in [0.25, 0.3) is 5.76 Å². The summed E-state index contributed by atoms with van der Waals surface area (Å²) in [5, 5.41) is 11.8. The first kappa shape index (κ1) is 31.7. The fourth-order valence-corrected chi connectivity index (χ4v) is 4.36. The molecule has 1 aliphatic heterocycles. The summed E-state index contributed by atoms with van der Waals surface area (Å²) in [6.45, 7) is 2.27. The van der Waals surface area contributed by atoms with Gasteiger partial charge in [0.1, 0.15) is 36.2 Å². The highest BCUT2D eigenvalue weighted by Crippen LogP contribution is 2.36. The lowest BCUT2D eigenvalue weighted by atomic mass is 10.0. The molecule has 0 aromatic carbocycles. The number of hydrogen-bond donors (Lipinski definition) is 1. The van der Waals surface area contributed by atoms with E-state index in [2.05, 4.69) is 26.5 Å². The van der Waals surface area contributed by atoms with Crippen LogP contribution < -0.4 is 0 Å². The molecule has 1 fully saturated rings. The lowest BCUT2D eigenvalue weighted by molar-refractivity contribution is -0.246. The van der Waals surface area contributed by atoms with E-state index in [1.165, 1.54) is 49.1 Å². The van der Waals surface area contributed by atoms with Crippen LogP contribution in [0.1, 0.15) is 36.6 Å². The molecule has 5 rings (SSSR count). The van der Waals surface area contributed by atoms with Crippen molar-refractivity contribution in [2.75, 3.05) is 13.2 Å². The topological polar surface area (TPSA) is 169 Å². The Morgan fingerprint density at radius 3 is 1.98 bits per heavy atom. The Bertz CT molecular complexity index is 1730. The first-order valence-electron chi connectivity index (χ1n) is 13.5. The molecule has 4 atom stereocenters. The largest absolute Gasteiger partial charge is 0.488 e. The van der Waals surface area contributed by atoms with Gasteiger partial charge in [0.25, 0.3) is 0 Å². The molecule has 0 aliphatic carbocycles. The highest BCUT2D eigenvalue weighted by Gasteiger charge is 2.60. The molecule has 0 spiro atoms. The summed E-state index contributed by atoms with van der Waals surface area (Å²) in [4.78, 5) is 53.6. The minimum atomic E-state index is -2.59. The molecule has 0 radical (unpaired) electrons. The second-order valence-corrected chi connectivity index (χ2v) is 9.67. The van der Waals surface area contributed by atoms with Crippen molar-refractivity contribution >= 4 is 23.7 Å². The van der Waals surface area contributed by atoms with Gasteiger partial charge in [0.05, 0.1) is 5.56 Å². The number of halogens is 2. The SMILES string of the molecule is C=C(OC[C@@]1(O)O[C@H](COC(=O)c2cccnc2F)[C@@H](OC(=O)c2cccnc2F)[C@@H]1OC(=O)c1cccnc1)c1cccnc1. The van der Waals surface area contributed by atoms with Crippen LogP contribution in [0.4, 0.5) is 8.78 Å². The van der Waals surface area contributed by atoms with Crippen molar-refractivity contribution in [2.24, 2.45) is 0 Å². The maximum atomic E-state index is 14.4. The van der Waals surface area contributed by atoms with Gasteiger partial charge in [-0.3, -0.25) is 9.97 Å². The van der Waals surface area contributed by atoms with Gasteiger partial charge < -0.3 is 28.8 Å². The van der Waals surface area contributed by atoms with Crippen molar-refractivity contribution in [1.82, 2.24) is 19.9 Å². The highest BCUT2D eigenvalue weighted by atomic mass is 19.1. The molecule has 4 aromatic heterocycles. The van der Waals surface area contributed by atoms with Gasteiger partial charge >= 0.3 is 17.9 Å². The number of aromatic nitrogens is 4. The molecule has 1 saturated heterocycles. The number of carbonyl (C=O) groups excluding carboxylic acids is 3. The lowest BCUT2D eigenvalue weighted by Gasteiger charge is -2.30. The van der Waals surface area contributed by atoms with Crippen LogP contribution in [-0.4, -0.2) is 80.3 Å². The zero-order chi connectivity index (χ0) is 32.7. The standard InChI is InChI=1S/C31H24F2N4O9/c1-18(19-6-2-10-34-14-19)43-17-31(41)25(45-28(38)20-7-3-11-35-15-20)24(44-30(40)22-9-5-13-37-27(22)33)23(46-31)16-42-29(39)21-8-4-12-36-26(21)32/h2-15,23-25,41H,1,16-17H2/t23-,24-,25+,31-/m1/s1. The average Bonchev–Trinajstić information content (AvgIpc) is 3.33. The average molecular weight is 635 g/mol. The molecular weight excluding hydrogens is 610 g/mol. The quantitative estimate of drug-likeness (QED) is 0.111. The first-order valence-corrected chi connectivity index (χ1v) is 13.5. The van der Waals surface area contributed by atoms with Crippen LogP contribution in [0.2, 0.25) is 0 Å². The zero-order valence-electron chi connectivity index (χ0n) is 23.7. The molecule has 13 nitrogen and oxygen atoms in total. The minimum absolute atomic E-state index is 0.0374. The van der Waals surface area contributed by atoms with E-state index in [1.54, 1.807) is 12.1 Å². The summed E-state index contributed by atoms with van der Waals surface area (Å²) in [6.07, 6.45) is 2.59. The van der Waals surface area contributed by atoms with Gasteiger partial charge in [-0.05, 0) is 48.5 Å². The Hall–Kier alpha value is -5.67. The van der Waals surface area contributed by atoms with Crippen LogP contribution in [0.3, 0.4) is 0 Å². The third kappa shape index (κ3) is 7.17. The summed E-state index contributed by atoms with van der Waals surface area (Å²) in [5.74, 6) is -8.30. The number of hydrogen-bond acceptors (Lipinski definition) is 13. The van der Waals surface area contributed by atoms with Gasteiger partial charge in [-0.25, -0.2) is 24.4 Å². The van der Waals surface area contributed by atoms with Gasteiger partial charge in [-0.1, -0.05) is 6.58 Å². The number of rotatable bonds is 11. The Labute approximate surface area is 259 Å². The number of esters is 3. The maximum Gasteiger partial charge on any atom is 0.343 e. The van der Waals surface area contributed by atoms with Crippen LogP contribution in [0.15, 0.2) is 92.3 Å². The zero-order valence-corrected chi connectivity index (χ0v) is 23.7. The molecule has 15 heteroatoms. The van der Waals surface area contributed by atoms with E-state index in [9.17, 15) is 28.3 Å². The Morgan fingerprint density at radius 1 is 0.804 bits per heavy atom. The summed E-state index contributed by atoms with van der Waals surface area (Å²) in [5.41, 5.74) is -0.718. The van der Waals surface area contributed by atoms with Crippen molar-refractivity contribution in [1.29, 1.82) is 0 Å². The van der Waals surface area contributed by atoms with E-state index in [4.69, 9.17) is 23.7 Å². The predicted molar refractivity (Wildman–Crippen MR) is 150 cm³/mol.